The number of hydrogen-bond acceptors (Lipinski definition) is 3. The predicted octanol–water partition coefficient (Wildman–Crippen LogP) is 0.652. The molecule has 0 atom stereocenters. The first-order valence-corrected chi connectivity index (χ1v) is 4.82. The lowest BCUT2D eigenvalue weighted by molar-refractivity contribution is 0.937. The molecule has 16 heavy (non-hydrogen) atoms. The molecule has 2 heterocycles. The highest BCUT2D eigenvalue weighted by Crippen LogP contribution is 2.19. The number of nitrogens with one attached hydrogen (secondary N) is 2. The fourth-order valence-corrected chi connectivity index (χ4v) is 1.73. The number of nitrogens with zero attached hydrogens (tertiary/aromatic N) is 3. The Kier molecular flexibility index (Phi) is 1.70. The molecule has 3 aromatic rings. The number of hydrogen-bond donors (Lipinski definition) is 2. The summed E-state index contributed by atoms with van der Waals surface area (Å²) in [5, 5.41) is 6.19. The Hall–Kier alpha value is -2.37. The third kappa shape index (κ3) is 1.16. The third-order valence-corrected chi connectivity index (χ3v) is 2.50. The van der Waals surface area contributed by atoms with E-state index in [-0.39, 0.29) is 5.69 Å². The van der Waals surface area contributed by atoms with Crippen LogP contribution in [0.1, 0.15) is 0 Å². The van der Waals surface area contributed by atoms with Gasteiger partial charge in [-0.25, -0.2) is 14.9 Å². The van der Waals surface area contributed by atoms with Crippen molar-refractivity contribution in [3.05, 3.63) is 34.7 Å². The van der Waals surface area contributed by atoms with Gasteiger partial charge in [-0.3, -0.25) is 4.98 Å². The number of para-hydroxylation sites is 2. The summed E-state index contributed by atoms with van der Waals surface area (Å²) in [5.74, 6) is 1.09. The summed E-state index contributed by atoms with van der Waals surface area (Å²) in [6, 6.07) is 7.76. The lowest BCUT2D eigenvalue weighted by Crippen LogP contribution is -2.01. The summed E-state index contributed by atoms with van der Waals surface area (Å²) in [5.41, 5.74) is 1.55. The fourth-order valence-electron chi connectivity index (χ4n) is 1.73. The Bertz CT molecular complexity index is 705. The Balaban J connectivity index is 2.32. The van der Waals surface area contributed by atoms with Gasteiger partial charge in [-0.15, -0.1) is 5.10 Å². The maximum absolute atomic E-state index is 11.0. The number of imidazole rings is 1. The van der Waals surface area contributed by atoms with Crippen LogP contribution < -0.4 is 5.69 Å². The second-order valence-electron chi connectivity index (χ2n) is 3.51. The molecule has 0 fully saturated rings. The van der Waals surface area contributed by atoms with Gasteiger partial charge in [-0.2, -0.15) is 0 Å². The van der Waals surface area contributed by atoms with Crippen LogP contribution in [0.25, 0.3) is 22.7 Å². The summed E-state index contributed by atoms with van der Waals surface area (Å²) in [7, 11) is 1.89. The normalized spacial score (nSPS) is 11.1. The van der Waals surface area contributed by atoms with E-state index >= 15 is 0 Å². The van der Waals surface area contributed by atoms with Crippen LogP contribution in [0.3, 0.4) is 0 Å². The SMILES string of the molecule is Cn1c(-c2n[nH]c(=O)[nH]2)nc2ccccc21. The first-order valence-electron chi connectivity index (χ1n) is 4.82. The highest BCUT2D eigenvalue weighted by atomic mass is 16.1. The highest BCUT2D eigenvalue weighted by Gasteiger charge is 2.11. The molecule has 2 N–H and O–H groups in total. The predicted molar refractivity (Wildman–Crippen MR) is 58.9 cm³/mol. The minimum atomic E-state index is -0.331. The largest absolute Gasteiger partial charge is 0.341 e. The topological polar surface area (TPSA) is 79.4 Å². The number of fused-ring (bicyclic) bond motifs is 1. The molecule has 0 aliphatic rings. The van der Waals surface area contributed by atoms with Gasteiger partial charge >= 0.3 is 5.69 Å². The van der Waals surface area contributed by atoms with E-state index in [1.165, 1.54) is 0 Å². The van der Waals surface area contributed by atoms with Crippen molar-refractivity contribution in [3.8, 4) is 11.6 Å². The summed E-state index contributed by atoms with van der Waals surface area (Å²) >= 11 is 0. The van der Waals surface area contributed by atoms with Gasteiger partial charge in [-0.05, 0) is 12.1 Å². The van der Waals surface area contributed by atoms with Gasteiger partial charge < -0.3 is 4.57 Å². The highest BCUT2D eigenvalue weighted by molar-refractivity contribution is 5.79. The van der Waals surface area contributed by atoms with Crippen LogP contribution in [0, 0.1) is 0 Å². The van der Waals surface area contributed by atoms with E-state index in [0.717, 1.165) is 11.0 Å². The fraction of sp³-hybridized carbons (Fsp3) is 0.100. The van der Waals surface area contributed by atoms with Crippen molar-refractivity contribution in [1.82, 2.24) is 24.7 Å². The van der Waals surface area contributed by atoms with Crippen molar-refractivity contribution >= 4 is 11.0 Å². The average Bonchev–Trinajstić information content (AvgIpc) is 2.84. The molecule has 0 bridgehead atoms. The number of aromatic amines is 2. The first kappa shape index (κ1) is 8.90. The number of benzene rings is 1. The van der Waals surface area contributed by atoms with E-state index in [1.807, 2.05) is 35.9 Å². The molecule has 6 nitrogen and oxygen atoms in total. The molecule has 0 spiro atoms. The summed E-state index contributed by atoms with van der Waals surface area (Å²) in [6.07, 6.45) is 0. The van der Waals surface area contributed by atoms with Crippen molar-refractivity contribution in [1.29, 1.82) is 0 Å². The zero-order valence-electron chi connectivity index (χ0n) is 8.56. The van der Waals surface area contributed by atoms with Crippen molar-refractivity contribution in [2.75, 3.05) is 0 Å². The van der Waals surface area contributed by atoms with E-state index < -0.39 is 0 Å². The van der Waals surface area contributed by atoms with Gasteiger partial charge in [0.2, 0.25) is 0 Å². The standard InChI is InChI=1S/C10H9N5O/c1-15-7-5-3-2-4-6(7)11-9(15)8-12-10(16)14-13-8/h2-5H,1H3,(H2,12,13,14,16). The van der Waals surface area contributed by atoms with Crippen molar-refractivity contribution in [2.24, 2.45) is 7.05 Å². The molecule has 3 rings (SSSR count). The number of rotatable bonds is 1. The van der Waals surface area contributed by atoms with Crippen molar-refractivity contribution in [2.45, 2.75) is 0 Å². The molecule has 0 unspecified atom stereocenters. The summed E-state index contributed by atoms with van der Waals surface area (Å²) in [4.78, 5) is 18.0. The Morgan fingerprint density at radius 2 is 2.12 bits per heavy atom. The third-order valence-electron chi connectivity index (χ3n) is 2.50. The second-order valence-corrected chi connectivity index (χ2v) is 3.51. The van der Waals surface area contributed by atoms with Crippen molar-refractivity contribution in [3.63, 3.8) is 0 Å². The van der Waals surface area contributed by atoms with E-state index in [1.54, 1.807) is 0 Å². The lowest BCUT2D eigenvalue weighted by atomic mass is 10.3. The molecule has 6 heteroatoms. The Morgan fingerprint density at radius 3 is 2.81 bits per heavy atom. The molecule has 1 aromatic carbocycles. The lowest BCUT2D eigenvalue weighted by Gasteiger charge is -1.96. The van der Waals surface area contributed by atoms with Crippen LogP contribution in [-0.4, -0.2) is 24.7 Å². The quantitative estimate of drug-likeness (QED) is 0.625. The van der Waals surface area contributed by atoms with Crippen LogP contribution in [0.2, 0.25) is 0 Å². The first-order chi connectivity index (χ1) is 7.75. The molecule has 0 radical (unpaired) electrons. The maximum atomic E-state index is 11.0. The Morgan fingerprint density at radius 1 is 1.31 bits per heavy atom. The van der Waals surface area contributed by atoms with E-state index in [4.69, 9.17) is 0 Å². The number of aryl methyl sites for hydroxylation is 1. The van der Waals surface area contributed by atoms with E-state index in [2.05, 4.69) is 20.2 Å². The van der Waals surface area contributed by atoms with Crippen LogP contribution in [-0.2, 0) is 7.05 Å². The molecule has 80 valence electrons. The van der Waals surface area contributed by atoms with Crippen LogP contribution in [0.15, 0.2) is 29.1 Å². The average molecular weight is 215 g/mol. The van der Waals surface area contributed by atoms with Gasteiger partial charge in [0.1, 0.15) is 0 Å². The van der Waals surface area contributed by atoms with Gasteiger partial charge in [-0.1, -0.05) is 12.1 Å². The maximum Gasteiger partial charge on any atom is 0.341 e. The molecular formula is C10H9N5O. The Labute approximate surface area is 90.0 Å². The monoisotopic (exact) mass is 215 g/mol. The molecule has 0 saturated heterocycles. The van der Waals surface area contributed by atoms with Gasteiger partial charge in [0.25, 0.3) is 0 Å². The zero-order valence-corrected chi connectivity index (χ0v) is 8.56. The van der Waals surface area contributed by atoms with E-state index in [0.29, 0.717) is 11.6 Å². The minimum absolute atomic E-state index is 0.331. The molecular weight excluding hydrogens is 206 g/mol. The van der Waals surface area contributed by atoms with Gasteiger partial charge in [0.05, 0.1) is 11.0 Å². The molecule has 0 aliphatic carbocycles. The smallest absolute Gasteiger partial charge is 0.324 e. The molecule has 0 amide bonds. The molecule has 2 aromatic heterocycles. The van der Waals surface area contributed by atoms with Gasteiger partial charge in [0, 0.05) is 7.05 Å². The summed E-state index contributed by atoms with van der Waals surface area (Å²) < 4.78 is 1.89. The van der Waals surface area contributed by atoms with Gasteiger partial charge in [0.15, 0.2) is 11.6 Å². The van der Waals surface area contributed by atoms with Crippen LogP contribution in [0.4, 0.5) is 0 Å². The molecule has 0 aliphatic heterocycles. The van der Waals surface area contributed by atoms with Crippen molar-refractivity contribution < 1.29 is 0 Å². The van der Waals surface area contributed by atoms with Crippen LogP contribution in [0.5, 0.6) is 0 Å². The zero-order chi connectivity index (χ0) is 11.1. The second kappa shape index (κ2) is 3.06. The summed E-state index contributed by atoms with van der Waals surface area (Å²) in [6.45, 7) is 0. The minimum Gasteiger partial charge on any atom is -0.324 e. The number of aromatic nitrogens is 5. The molecule has 0 saturated carbocycles. The van der Waals surface area contributed by atoms with E-state index in [9.17, 15) is 4.79 Å². The van der Waals surface area contributed by atoms with Crippen LogP contribution >= 0.6 is 0 Å². The number of H-pyrrole nitrogens is 2.